The van der Waals surface area contributed by atoms with E-state index in [0.717, 1.165) is 13.0 Å². The summed E-state index contributed by atoms with van der Waals surface area (Å²) in [4.78, 5) is 32.9. The molecule has 1 aliphatic rings. The number of carbonyl (C=O) groups is 2. The van der Waals surface area contributed by atoms with Crippen molar-refractivity contribution in [2.24, 2.45) is 0 Å². The van der Waals surface area contributed by atoms with Crippen LogP contribution >= 0.6 is 11.3 Å². The Hall–Kier alpha value is -2.32. The number of nitrogens with one attached hydrogen (secondary N) is 1. The number of benzene rings is 1. The molecule has 0 bridgehead atoms. The van der Waals surface area contributed by atoms with Crippen LogP contribution in [-0.4, -0.2) is 58.8 Å². The number of carbonyl (C=O) groups excluding carboxylic acids is 2. The molecule has 0 spiro atoms. The van der Waals surface area contributed by atoms with Gasteiger partial charge in [0.05, 0.1) is 12.5 Å². The van der Waals surface area contributed by atoms with E-state index in [2.05, 4.69) is 15.2 Å². The fraction of sp³-hybridized carbons (Fsp3) is 0.421. The van der Waals surface area contributed by atoms with Crippen LogP contribution in [0, 0.1) is 5.82 Å². The van der Waals surface area contributed by atoms with Crippen LogP contribution in [0.2, 0.25) is 0 Å². The first-order valence-corrected chi connectivity index (χ1v) is 9.87. The third-order valence-electron chi connectivity index (χ3n) is 4.72. The number of anilines is 1. The highest BCUT2D eigenvalue weighted by atomic mass is 32.1. The summed E-state index contributed by atoms with van der Waals surface area (Å²) in [5, 5.41) is 5.23. The van der Waals surface area contributed by atoms with Gasteiger partial charge in [-0.1, -0.05) is 12.1 Å². The van der Waals surface area contributed by atoms with Gasteiger partial charge in [0.1, 0.15) is 5.82 Å². The summed E-state index contributed by atoms with van der Waals surface area (Å²) in [5.74, 6) is -0.436. The second-order valence-electron chi connectivity index (χ2n) is 6.58. The average molecular weight is 390 g/mol. The van der Waals surface area contributed by atoms with E-state index >= 15 is 0 Å². The number of nitrogens with zero attached hydrogens (tertiary/aromatic N) is 3. The summed E-state index contributed by atoms with van der Waals surface area (Å²) in [6.45, 7) is 4.44. The third-order valence-corrected chi connectivity index (χ3v) is 5.41. The van der Waals surface area contributed by atoms with Gasteiger partial charge in [-0.3, -0.25) is 14.5 Å². The second-order valence-corrected chi connectivity index (χ2v) is 7.47. The Bertz CT molecular complexity index is 784. The Balaban J connectivity index is 1.53. The average Bonchev–Trinajstić information content (AvgIpc) is 3.02. The van der Waals surface area contributed by atoms with Gasteiger partial charge in [0.15, 0.2) is 5.13 Å². The first-order valence-electron chi connectivity index (χ1n) is 8.99. The standard InChI is InChI=1S/C19H23FN4O2S/c1-14(18(26)22-19-21-6-11-27-19)23-7-3-8-24(10-9-23)17(25)13-15-4-2-5-16(20)12-15/h2,4-6,11-12,14H,3,7-10,13H2,1H3,(H,21,22,26). The van der Waals surface area contributed by atoms with Crippen molar-refractivity contribution in [1.82, 2.24) is 14.8 Å². The monoisotopic (exact) mass is 390 g/mol. The Morgan fingerprint density at radius 3 is 2.89 bits per heavy atom. The largest absolute Gasteiger partial charge is 0.341 e. The molecule has 1 unspecified atom stereocenters. The van der Waals surface area contributed by atoms with E-state index in [9.17, 15) is 14.0 Å². The zero-order valence-electron chi connectivity index (χ0n) is 15.2. The molecular weight excluding hydrogens is 367 g/mol. The predicted octanol–water partition coefficient (Wildman–Crippen LogP) is 2.39. The van der Waals surface area contributed by atoms with E-state index in [4.69, 9.17) is 0 Å². The van der Waals surface area contributed by atoms with E-state index in [1.54, 1.807) is 23.2 Å². The Morgan fingerprint density at radius 1 is 1.30 bits per heavy atom. The fourth-order valence-corrected chi connectivity index (χ4v) is 3.70. The van der Waals surface area contributed by atoms with Gasteiger partial charge in [-0.2, -0.15) is 0 Å². The topological polar surface area (TPSA) is 65.5 Å². The molecule has 8 heteroatoms. The Kier molecular flexibility index (Phi) is 6.52. The maximum atomic E-state index is 13.3. The van der Waals surface area contributed by atoms with Gasteiger partial charge >= 0.3 is 0 Å². The van der Waals surface area contributed by atoms with Gasteiger partial charge in [-0.15, -0.1) is 11.3 Å². The zero-order chi connectivity index (χ0) is 19.2. The smallest absolute Gasteiger partial charge is 0.243 e. The molecule has 0 saturated carbocycles. The predicted molar refractivity (Wildman–Crippen MR) is 103 cm³/mol. The third kappa shape index (κ3) is 5.33. The van der Waals surface area contributed by atoms with Gasteiger partial charge < -0.3 is 10.2 Å². The SMILES string of the molecule is CC(C(=O)Nc1nccs1)N1CCCN(C(=O)Cc2cccc(F)c2)CC1. The van der Waals surface area contributed by atoms with Crippen molar-refractivity contribution in [2.45, 2.75) is 25.8 Å². The highest BCUT2D eigenvalue weighted by molar-refractivity contribution is 7.13. The van der Waals surface area contributed by atoms with E-state index in [1.807, 2.05) is 12.3 Å². The molecule has 1 aliphatic heterocycles. The van der Waals surface area contributed by atoms with Crippen molar-refractivity contribution in [3.63, 3.8) is 0 Å². The molecule has 27 heavy (non-hydrogen) atoms. The van der Waals surface area contributed by atoms with Crippen molar-refractivity contribution >= 4 is 28.3 Å². The van der Waals surface area contributed by atoms with Crippen molar-refractivity contribution < 1.29 is 14.0 Å². The van der Waals surface area contributed by atoms with Crippen LogP contribution in [0.5, 0.6) is 0 Å². The maximum absolute atomic E-state index is 13.3. The minimum Gasteiger partial charge on any atom is -0.341 e. The molecule has 1 atom stereocenters. The summed E-state index contributed by atoms with van der Waals surface area (Å²) in [5.41, 5.74) is 0.678. The lowest BCUT2D eigenvalue weighted by molar-refractivity contribution is -0.130. The molecule has 2 amide bonds. The molecule has 1 aromatic heterocycles. The van der Waals surface area contributed by atoms with Crippen molar-refractivity contribution in [3.05, 3.63) is 47.2 Å². The van der Waals surface area contributed by atoms with E-state index < -0.39 is 0 Å². The summed E-state index contributed by atoms with van der Waals surface area (Å²) < 4.78 is 13.3. The zero-order valence-corrected chi connectivity index (χ0v) is 16.0. The molecule has 0 aliphatic carbocycles. The first kappa shape index (κ1) is 19.4. The number of thiazole rings is 1. The van der Waals surface area contributed by atoms with Crippen LogP contribution in [0.3, 0.4) is 0 Å². The lowest BCUT2D eigenvalue weighted by Crippen LogP contribution is -2.44. The highest BCUT2D eigenvalue weighted by Gasteiger charge is 2.26. The van der Waals surface area contributed by atoms with Crippen molar-refractivity contribution in [3.8, 4) is 0 Å². The summed E-state index contributed by atoms with van der Waals surface area (Å²) in [6.07, 6.45) is 2.64. The fourth-order valence-electron chi connectivity index (χ4n) is 3.17. The van der Waals surface area contributed by atoms with Gasteiger partial charge in [0.2, 0.25) is 11.8 Å². The molecule has 0 radical (unpaired) electrons. The number of hydrogen-bond donors (Lipinski definition) is 1. The second kappa shape index (κ2) is 9.05. The molecule has 1 fully saturated rings. The molecule has 2 heterocycles. The minimum absolute atomic E-state index is 0.0117. The number of hydrogen-bond acceptors (Lipinski definition) is 5. The lowest BCUT2D eigenvalue weighted by Gasteiger charge is -2.26. The van der Waals surface area contributed by atoms with Gasteiger partial charge in [-0.25, -0.2) is 9.37 Å². The molecule has 2 aromatic rings. The van der Waals surface area contributed by atoms with Crippen molar-refractivity contribution in [2.75, 3.05) is 31.5 Å². The molecule has 3 rings (SSSR count). The number of rotatable bonds is 5. The van der Waals surface area contributed by atoms with Gasteiger partial charge in [-0.05, 0) is 31.0 Å². The molecule has 1 saturated heterocycles. The van der Waals surface area contributed by atoms with Crippen LogP contribution in [0.1, 0.15) is 18.9 Å². The molecule has 6 nitrogen and oxygen atoms in total. The molecule has 1 aromatic carbocycles. The van der Waals surface area contributed by atoms with Crippen LogP contribution in [0.4, 0.5) is 9.52 Å². The quantitative estimate of drug-likeness (QED) is 0.851. The van der Waals surface area contributed by atoms with Crippen LogP contribution in [0.15, 0.2) is 35.8 Å². The molecule has 144 valence electrons. The highest BCUT2D eigenvalue weighted by Crippen LogP contribution is 2.14. The lowest BCUT2D eigenvalue weighted by atomic mass is 10.1. The Labute approximate surface area is 162 Å². The van der Waals surface area contributed by atoms with E-state index in [1.165, 1.54) is 23.5 Å². The maximum Gasteiger partial charge on any atom is 0.243 e. The first-order chi connectivity index (χ1) is 13.0. The Morgan fingerprint density at radius 2 is 2.15 bits per heavy atom. The van der Waals surface area contributed by atoms with E-state index in [-0.39, 0.29) is 30.1 Å². The van der Waals surface area contributed by atoms with Crippen LogP contribution < -0.4 is 5.32 Å². The summed E-state index contributed by atoms with van der Waals surface area (Å²) in [7, 11) is 0. The van der Waals surface area contributed by atoms with Crippen LogP contribution in [-0.2, 0) is 16.0 Å². The number of aromatic nitrogens is 1. The van der Waals surface area contributed by atoms with Crippen LogP contribution in [0.25, 0.3) is 0 Å². The number of halogens is 1. The number of amides is 2. The summed E-state index contributed by atoms with van der Waals surface area (Å²) >= 11 is 1.38. The van der Waals surface area contributed by atoms with Gasteiger partial charge in [0.25, 0.3) is 0 Å². The van der Waals surface area contributed by atoms with E-state index in [0.29, 0.717) is 30.3 Å². The summed E-state index contributed by atoms with van der Waals surface area (Å²) in [6, 6.07) is 5.84. The molecule has 1 N–H and O–H groups in total. The normalized spacial score (nSPS) is 16.6. The van der Waals surface area contributed by atoms with Crippen molar-refractivity contribution in [1.29, 1.82) is 0 Å². The molecular formula is C19H23FN4O2S. The minimum atomic E-state index is -0.331. The van der Waals surface area contributed by atoms with Gasteiger partial charge in [0, 0.05) is 37.8 Å².